The van der Waals surface area contributed by atoms with Gasteiger partial charge < -0.3 is 0 Å². The SMILES string of the molecule is CC(=O)c1ccnn1C1CCC1. The summed E-state index contributed by atoms with van der Waals surface area (Å²) >= 11 is 0. The largest absolute Gasteiger partial charge is 0.293 e. The Kier molecular flexibility index (Phi) is 1.71. The first kappa shape index (κ1) is 7.53. The highest BCUT2D eigenvalue weighted by molar-refractivity contribution is 5.92. The molecule has 0 radical (unpaired) electrons. The predicted octanol–water partition coefficient (Wildman–Crippen LogP) is 1.81. The second-order valence-electron chi connectivity index (χ2n) is 3.30. The molecule has 0 bridgehead atoms. The zero-order valence-corrected chi connectivity index (χ0v) is 7.16. The van der Waals surface area contributed by atoms with Crippen LogP contribution in [0.15, 0.2) is 12.3 Å². The first-order valence-electron chi connectivity index (χ1n) is 4.33. The molecule has 0 aliphatic heterocycles. The van der Waals surface area contributed by atoms with Crippen LogP contribution >= 0.6 is 0 Å². The Morgan fingerprint density at radius 2 is 2.42 bits per heavy atom. The summed E-state index contributed by atoms with van der Waals surface area (Å²) in [5.74, 6) is 0.111. The fraction of sp³-hybridized carbons (Fsp3) is 0.556. The Morgan fingerprint density at radius 3 is 2.92 bits per heavy atom. The standard InChI is InChI=1S/C9H12N2O/c1-7(12)9-5-6-10-11(9)8-3-2-4-8/h5-6,8H,2-4H2,1H3. The van der Waals surface area contributed by atoms with E-state index in [1.807, 2.05) is 4.68 Å². The van der Waals surface area contributed by atoms with Gasteiger partial charge in [0, 0.05) is 13.1 Å². The Morgan fingerprint density at radius 1 is 1.67 bits per heavy atom. The number of hydrogen-bond donors (Lipinski definition) is 0. The van der Waals surface area contributed by atoms with Crippen molar-refractivity contribution in [2.45, 2.75) is 32.2 Å². The molecule has 0 amide bonds. The Balaban J connectivity index is 2.29. The van der Waals surface area contributed by atoms with Gasteiger partial charge in [-0.25, -0.2) is 0 Å². The van der Waals surface area contributed by atoms with Crippen LogP contribution in [-0.2, 0) is 0 Å². The van der Waals surface area contributed by atoms with Gasteiger partial charge in [-0.05, 0) is 25.3 Å². The van der Waals surface area contributed by atoms with E-state index < -0.39 is 0 Å². The Bertz CT molecular complexity index is 299. The van der Waals surface area contributed by atoms with Crippen molar-refractivity contribution < 1.29 is 4.79 Å². The van der Waals surface area contributed by atoms with Gasteiger partial charge in [0.15, 0.2) is 5.78 Å². The number of Topliss-reactive ketones (excluding diaryl/α,β-unsaturated/α-hetero) is 1. The second-order valence-corrected chi connectivity index (χ2v) is 3.30. The molecular formula is C9H12N2O. The van der Waals surface area contributed by atoms with Gasteiger partial charge in [0.05, 0.1) is 6.04 Å². The van der Waals surface area contributed by atoms with E-state index in [0.717, 1.165) is 5.69 Å². The van der Waals surface area contributed by atoms with Crippen molar-refractivity contribution in [1.82, 2.24) is 9.78 Å². The topological polar surface area (TPSA) is 34.9 Å². The lowest BCUT2D eigenvalue weighted by Crippen LogP contribution is -2.21. The minimum atomic E-state index is 0.111. The molecule has 1 aliphatic carbocycles. The molecular weight excluding hydrogens is 152 g/mol. The van der Waals surface area contributed by atoms with E-state index in [1.54, 1.807) is 19.2 Å². The summed E-state index contributed by atoms with van der Waals surface area (Å²) in [4.78, 5) is 11.1. The van der Waals surface area contributed by atoms with Crippen LogP contribution in [0.25, 0.3) is 0 Å². The maximum atomic E-state index is 11.1. The van der Waals surface area contributed by atoms with Gasteiger partial charge in [0.1, 0.15) is 5.69 Å². The van der Waals surface area contributed by atoms with Crippen LogP contribution in [0.3, 0.4) is 0 Å². The normalized spacial score (nSPS) is 17.4. The van der Waals surface area contributed by atoms with Crippen LogP contribution in [0.5, 0.6) is 0 Å². The zero-order valence-electron chi connectivity index (χ0n) is 7.16. The van der Waals surface area contributed by atoms with Crippen LogP contribution in [0.1, 0.15) is 42.7 Å². The maximum absolute atomic E-state index is 11.1. The molecule has 1 aromatic rings. The molecule has 1 saturated carbocycles. The summed E-state index contributed by atoms with van der Waals surface area (Å²) in [6.45, 7) is 1.59. The van der Waals surface area contributed by atoms with Crippen LogP contribution < -0.4 is 0 Å². The van der Waals surface area contributed by atoms with Crippen molar-refractivity contribution in [2.24, 2.45) is 0 Å². The first-order chi connectivity index (χ1) is 5.79. The third-order valence-electron chi connectivity index (χ3n) is 2.45. The molecule has 3 heteroatoms. The van der Waals surface area contributed by atoms with E-state index in [4.69, 9.17) is 0 Å². The third-order valence-corrected chi connectivity index (χ3v) is 2.45. The molecule has 0 aromatic carbocycles. The second kappa shape index (κ2) is 2.73. The number of aromatic nitrogens is 2. The van der Waals surface area contributed by atoms with Crippen molar-refractivity contribution in [3.8, 4) is 0 Å². The summed E-state index contributed by atoms with van der Waals surface area (Å²) in [7, 11) is 0. The zero-order chi connectivity index (χ0) is 8.55. The number of carbonyl (C=O) groups excluding carboxylic acids is 1. The minimum Gasteiger partial charge on any atom is -0.293 e. The fourth-order valence-corrected chi connectivity index (χ4v) is 1.52. The molecule has 64 valence electrons. The van der Waals surface area contributed by atoms with E-state index in [1.165, 1.54) is 19.3 Å². The molecule has 1 heterocycles. The van der Waals surface area contributed by atoms with Crippen molar-refractivity contribution in [1.29, 1.82) is 0 Å². The lowest BCUT2D eigenvalue weighted by atomic mass is 9.93. The molecule has 1 aromatic heterocycles. The third kappa shape index (κ3) is 1.05. The van der Waals surface area contributed by atoms with Gasteiger partial charge in [0.2, 0.25) is 0 Å². The molecule has 3 nitrogen and oxygen atoms in total. The molecule has 12 heavy (non-hydrogen) atoms. The van der Waals surface area contributed by atoms with Gasteiger partial charge in [0.25, 0.3) is 0 Å². The predicted molar refractivity (Wildman–Crippen MR) is 45.1 cm³/mol. The Labute approximate surface area is 71.4 Å². The van der Waals surface area contributed by atoms with Crippen molar-refractivity contribution >= 4 is 5.78 Å². The fourth-order valence-electron chi connectivity index (χ4n) is 1.52. The number of rotatable bonds is 2. The summed E-state index contributed by atoms with van der Waals surface area (Å²) in [5, 5.41) is 4.16. The van der Waals surface area contributed by atoms with Gasteiger partial charge in [-0.15, -0.1) is 0 Å². The van der Waals surface area contributed by atoms with E-state index in [9.17, 15) is 4.79 Å². The van der Waals surface area contributed by atoms with Crippen LogP contribution in [0.4, 0.5) is 0 Å². The lowest BCUT2D eigenvalue weighted by molar-refractivity contribution is 0.0996. The molecule has 0 N–H and O–H groups in total. The summed E-state index contributed by atoms with van der Waals surface area (Å²) in [6, 6.07) is 2.28. The minimum absolute atomic E-state index is 0.111. The quantitative estimate of drug-likeness (QED) is 0.625. The average Bonchev–Trinajstić information content (AvgIpc) is 2.31. The number of carbonyl (C=O) groups is 1. The Hall–Kier alpha value is -1.12. The van der Waals surface area contributed by atoms with E-state index >= 15 is 0 Å². The van der Waals surface area contributed by atoms with Crippen molar-refractivity contribution in [3.05, 3.63) is 18.0 Å². The number of ketones is 1. The van der Waals surface area contributed by atoms with Crippen molar-refractivity contribution in [3.63, 3.8) is 0 Å². The number of hydrogen-bond acceptors (Lipinski definition) is 2. The molecule has 2 rings (SSSR count). The van der Waals surface area contributed by atoms with E-state index in [0.29, 0.717) is 6.04 Å². The van der Waals surface area contributed by atoms with Crippen LogP contribution in [-0.4, -0.2) is 15.6 Å². The van der Waals surface area contributed by atoms with E-state index in [2.05, 4.69) is 5.10 Å². The molecule has 1 fully saturated rings. The van der Waals surface area contributed by atoms with Gasteiger partial charge >= 0.3 is 0 Å². The highest BCUT2D eigenvalue weighted by Crippen LogP contribution is 2.31. The smallest absolute Gasteiger partial charge is 0.177 e. The summed E-state index contributed by atoms with van der Waals surface area (Å²) in [5.41, 5.74) is 0.750. The van der Waals surface area contributed by atoms with Gasteiger partial charge in [-0.2, -0.15) is 5.10 Å². The maximum Gasteiger partial charge on any atom is 0.177 e. The van der Waals surface area contributed by atoms with Crippen LogP contribution in [0, 0.1) is 0 Å². The molecule has 0 spiro atoms. The number of nitrogens with zero attached hydrogens (tertiary/aromatic N) is 2. The molecule has 1 aliphatic rings. The van der Waals surface area contributed by atoms with Gasteiger partial charge in [-0.1, -0.05) is 0 Å². The highest BCUT2D eigenvalue weighted by atomic mass is 16.1. The molecule has 0 unspecified atom stereocenters. The monoisotopic (exact) mass is 164 g/mol. The van der Waals surface area contributed by atoms with Gasteiger partial charge in [-0.3, -0.25) is 9.48 Å². The average molecular weight is 164 g/mol. The van der Waals surface area contributed by atoms with Crippen LogP contribution in [0.2, 0.25) is 0 Å². The van der Waals surface area contributed by atoms with E-state index in [-0.39, 0.29) is 5.78 Å². The highest BCUT2D eigenvalue weighted by Gasteiger charge is 2.22. The summed E-state index contributed by atoms with van der Waals surface area (Å²) in [6.07, 6.45) is 5.31. The lowest BCUT2D eigenvalue weighted by Gasteiger charge is -2.26. The molecule has 0 atom stereocenters. The van der Waals surface area contributed by atoms with Crippen molar-refractivity contribution in [2.75, 3.05) is 0 Å². The first-order valence-corrected chi connectivity index (χ1v) is 4.33. The molecule has 0 saturated heterocycles. The summed E-state index contributed by atoms with van der Waals surface area (Å²) < 4.78 is 1.87.